The SMILES string of the molecule is CN(C)CC1CCCN1C(=O)c1ccc(Cl)nc1. The Morgan fingerprint density at radius 2 is 2.33 bits per heavy atom. The van der Waals surface area contributed by atoms with Crippen molar-refractivity contribution in [3.05, 3.63) is 29.0 Å². The molecule has 2 rings (SSSR count). The number of hydrogen-bond acceptors (Lipinski definition) is 3. The number of nitrogens with zero attached hydrogens (tertiary/aromatic N) is 3. The smallest absolute Gasteiger partial charge is 0.255 e. The van der Waals surface area contributed by atoms with Crippen LogP contribution < -0.4 is 0 Å². The Labute approximate surface area is 113 Å². The highest BCUT2D eigenvalue weighted by Gasteiger charge is 2.29. The number of rotatable bonds is 3. The molecule has 1 unspecified atom stereocenters. The lowest BCUT2D eigenvalue weighted by molar-refractivity contribution is 0.0716. The Morgan fingerprint density at radius 3 is 2.94 bits per heavy atom. The molecule has 5 heteroatoms. The molecule has 0 aromatic carbocycles. The van der Waals surface area contributed by atoms with E-state index in [0.29, 0.717) is 16.8 Å². The van der Waals surface area contributed by atoms with Gasteiger partial charge in [-0.05, 0) is 39.1 Å². The number of hydrogen-bond donors (Lipinski definition) is 0. The van der Waals surface area contributed by atoms with Crippen LogP contribution in [0.2, 0.25) is 5.15 Å². The molecule has 18 heavy (non-hydrogen) atoms. The van der Waals surface area contributed by atoms with Gasteiger partial charge in [0.2, 0.25) is 0 Å². The first kappa shape index (κ1) is 13.3. The van der Waals surface area contributed by atoms with Gasteiger partial charge in [0.15, 0.2) is 0 Å². The topological polar surface area (TPSA) is 36.4 Å². The summed E-state index contributed by atoms with van der Waals surface area (Å²) in [5.74, 6) is 0.0588. The molecule has 1 aromatic rings. The van der Waals surface area contributed by atoms with Crippen LogP contribution in [0, 0.1) is 0 Å². The molecule has 1 atom stereocenters. The van der Waals surface area contributed by atoms with Crippen LogP contribution in [0.5, 0.6) is 0 Å². The van der Waals surface area contributed by atoms with Gasteiger partial charge in [-0.2, -0.15) is 0 Å². The average molecular weight is 268 g/mol. The summed E-state index contributed by atoms with van der Waals surface area (Å²) in [7, 11) is 4.07. The molecule has 0 N–H and O–H groups in total. The normalized spacial score (nSPS) is 19.6. The number of likely N-dealkylation sites (tertiary alicyclic amines) is 1. The van der Waals surface area contributed by atoms with Crippen LogP contribution in [-0.4, -0.2) is 53.9 Å². The third kappa shape index (κ3) is 3.00. The summed E-state index contributed by atoms with van der Waals surface area (Å²) in [4.78, 5) is 20.4. The Morgan fingerprint density at radius 1 is 1.56 bits per heavy atom. The summed E-state index contributed by atoms with van der Waals surface area (Å²) in [6.45, 7) is 1.74. The molecule has 1 aliphatic rings. The largest absolute Gasteiger partial charge is 0.334 e. The molecule has 1 fully saturated rings. The molecular weight excluding hydrogens is 250 g/mol. The number of carbonyl (C=O) groups is 1. The standard InChI is InChI=1S/C13H18ClN3O/c1-16(2)9-11-4-3-7-17(11)13(18)10-5-6-12(14)15-8-10/h5-6,8,11H,3-4,7,9H2,1-2H3. The van der Waals surface area contributed by atoms with E-state index in [1.807, 2.05) is 19.0 Å². The second-order valence-corrected chi connectivity index (χ2v) is 5.31. The van der Waals surface area contributed by atoms with Crippen LogP contribution in [0.1, 0.15) is 23.2 Å². The molecule has 2 heterocycles. The Bertz CT molecular complexity index is 419. The van der Waals surface area contributed by atoms with Crippen molar-refractivity contribution in [3.63, 3.8) is 0 Å². The van der Waals surface area contributed by atoms with Crippen LogP contribution >= 0.6 is 11.6 Å². The highest BCUT2D eigenvalue weighted by Crippen LogP contribution is 2.20. The van der Waals surface area contributed by atoms with Crippen LogP contribution in [0.4, 0.5) is 0 Å². The molecule has 98 valence electrons. The highest BCUT2D eigenvalue weighted by atomic mass is 35.5. The van der Waals surface area contributed by atoms with Gasteiger partial charge in [0.1, 0.15) is 5.15 Å². The van der Waals surface area contributed by atoms with Crippen molar-refractivity contribution in [1.82, 2.24) is 14.8 Å². The minimum atomic E-state index is 0.0588. The van der Waals surface area contributed by atoms with E-state index in [0.717, 1.165) is 25.9 Å². The Kier molecular flexibility index (Phi) is 4.19. The number of likely N-dealkylation sites (N-methyl/N-ethyl adjacent to an activating group) is 1. The summed E-state index contributed by atoms with van der Waals surface area (Å²) in [6.07, 6.45) is 3.70. The second-order valence-electron chi connectivity index (χ2n) is 4.93. The van der Waals surface area contributed by atoms with E-state index in [4.69, 9.17) is 11.6 Å². The summed E-state index contributed by atoms with van der Waals surface area (Å²) in [6, 6.07) is 3.71. The molecular formula is C13H18ClN3O. The molecule has 4 nitrogen and oxygen atoms in total. The monoisotopic (exact) mass is 267 g/mol. The van der Waals surface area contributed by atoms with Crippen molar-refractivity contribution < 1.29 is 4.79 Å². The number of pyridine rings is 1. The highest BCUT2D eigenvalue weighted by molar-refractivity contribution is 6.29. The van der Waals surface area contributed by atoms with Gasteiger partial charge in [-0.1, -0.05) is 11.6 Å². The third-order valence-electron chi connectivity index (χ3n) is 3.19. The van der Waals surface area contributed by atoms with Crippen molar-refractivity contribution in [3.8, 4) is 0 Å². The first-order valence-corrected chi connectivity index (χ1v) is 6.53. The van der Waals surface area contributed by atoms with E-state index >= 15 is 0 Å². The number of aromatic nitrogens is 1. The molecule has 1 amide bonds. The summed E-state index contributed by atoms with van der Waals surface area (Å²) in [5.41, 5.74) is 0.616. The lowest BCUT2D eigenvalue weighted by Crippen LogP contribution is -2.41. The maximum Gasteiger partial charge on any atom is 0.255 e. The number of carbonyl (C=O) groups excluding carboxylic acids is 1. The van der Waals surface area contributed by atoms with Crippen molar-refractivity contribution >= 4 is 17.5 Å². The van der Waals surface area contributed by atoms with Crippen LogP contribution in [0.3, 0.4) is 0 Å². The van der Waals surface area contributed by atoms with Crippen LogP contribution in [0.15, 0.2) is 18.3 Å². The predicted molar refractivity (Wildman–Crippen MR) is 71.9 cm³/mol. The minimum absolute atomic E-state index is 0.0588. The second kappa shape index (κ2) is 5.67. The number of amides is 1. The molecule has 1 aliphatic heterocycles. The summed E-state index contributed by atoms with van der Waals surface area (Å²) >= 11 is 5.73. The van der Waals surface area contributed by atoms with Crippen molar-refractivity contribution in [2.75, 3.05) is 27.2 Å². The predicted octanol–water partition coefficient (Wildman–Crippen LogP) is 1.90. The van der Waals surface area contributed by atoms with Gasteiger partial charge in [0, 0.05) is 25.3 Å². The molecule has 0 saturated carbocycles. The van der Waals surface area contributed by atoms with Gasteiger partial charge in [-0.3, -0.25) is 4.79 Å². The van der Waals surface area contributed by atoms with Gasteiger partial charge < -0.3 is 9.80 Å². The third-order valence-corrected chi connectivity index (χ3v) is 3.41. The Hall–Kier alpha value is -1.13. The summed E-state index contributed by atoms with van der Waals surface area (Å²) in [5, 5.41) is 0.415. The zero-order chi connectivity index (χ0) is 13.1. The fourth-order valence-electron chi connectivity index (χ4n) is 2.38. The van der Waals surface area contributed by atoms with E-state index < -0.39 is 0 Å². The lowest BCUT2D eigenvalue weighted by atomic mass is 10.2. The minimum Gasteiger partial charge on any atom is -0.334 e. The maximum atomic E-state index is 12.4. The quantitative estimate of drug-likeness (QED) is 0.785. The molecule has 1 saturated heterocycles. The fraction of sp³-hybridized carbons (Fsp3) is 0.538. The molecule has 0 spiro atoms. The number of halogens is 1. The van der Waals surface area contributed by atoms with Crippen LogP contribution in [0.25, 0.3) is 0 Å². The van der Waals surface area contributed by atoms with E-state index in [2.05, 4.69) is 9.88 Å². The van der Waals surface area contributed by atoms with Crippen LogP contribution in [-0.2, 0) is 0 Å². The molecule has 0 bridgehead atoms. The first-order chi connectivity index (χ1) is 8.58. The van der Waals surface area contributed by atoms with Gasteiger partial charge >= 0.3 is 0 Å². The van der Waals surface area contributed by atoms with Gasteiger partial charge in [0.25, 0.3) is 5.91 Å². The molecule has 0 aliphatic carbocycles. The molecule has 0 radical (unpaired) electrons. The fourth-order valence-corrected chi connectivity index (χ4v) is 2.49. The molecule has 1 aromatic heterocycles. The van der Waals surface area contributed by atoms with Gasteiger partial charge in [-0.15, -0.1) is 0 Å². The van der Waals surface area contributed by atoms with E-state index in [1.54, 1.807) is 18.3 Å². The zero-order valence-corrected chi connectivity index (χ0v) is 11.5. The van der Waals surface area contributed by atoms with E-state index in [1.165, 1.54) is 0 Å². The van der Waals surface area contributed by atoms with E-state index in [-0.39, 0.29) is 5.91 Å². The Balaban J connectivity index is 2.10. The van der Waals surface area contributed by atoms with Gasteiger partial charge in [0.05, 0.1) is 5.56 Å². The zero-order valence-electron chi connectivity index (χ0n) is 10.8. The average Bonchev–Trinajstić information content (AvgIpc) is 2.76. The van der Waals surface area contributed by atoms with Crippen molar-refractivity contribution in [1.29, 1.82) is 0 Å². The summed E-state index contributed by atoms with van der Waals surface area (Å²) < 4.78 is 0. The lowest BCUT2D eigenvalue weighted by Gasteiger charge is -2.27. The van der Waals surface area contributed by atoms with E-state index in [9.17, 15) is 4.79 Å². The van der Waals surface area contributed by atoms with Gasteiger partial charge in [-0.25, -0.2) is 4.98 Å². The van der Waals surface area contributed by atoms with Crippen molar-refractivity contribution in [2.45, 2.75) is 18.9 Å². The first-order valence-electron chi connectivity index (χ1n) is 6.15. The maximum absolute atomic E-state index is 12.4. The van der Waals surface area contributed by atoms with Crippen molar-refractivity contribution in [2.24, 2.45) is 0 Å².